The molecule has 10 nitrogen and oxygen atoms in total. The monoisotopic (exact) mass is 613 g/mol. The van der Waals surface area contributed by atoms with Gasteiger partial charge in [0.25, 0.3) is 5.91 Å². The van der Waals surface area contributed by atoms with Crippen LogP contribution in [0.5, 0.6) is 0 Å². The molecule has 0 unspecified atom stereocenters. The maximum absolute atomic E-state index is 14.9. The number of aromatic nitrogens is 3. The number of sulfone groups is 1. The second-order valence-corrected chi connectivity index (χ2v) is 12.6. The van der Waals surface area contributed by atoms with Crippen molar-refractivity contribution < 1.29 is 27.4 Å². The van der Waals surface area contributed by atoms with E-state index >= 15 is 0 Å². The van der Waals surface area contributed by atoms with Crippen LogP contribution in [0.15, 0.2) is 59.6 Å². The number of benzene rings is 1. The molecule has 0 radical (unpaired) electrons. The van der Waals surface area contributed by atoms with Gasteiger partial charge in [0.05, 0.1) is 52.9 Å². The number of halogens is 2. The van der Waals surface area contributed by atoms with E-state index in [9.17, 15) is 17.6 Å². The maximum atomic E-state index is 14.9. The number of aliphatic hydroxyl groups excluding tert-OH is 1. The minimum atomic E-state index is -3.70. The number of rotatable bonds is 8. The Morgan fingerprint density at radius 2 is 1.90 bits per heavy atom. The standard InChI is InChI=1S/C29H29ClFN5O5S/c1-17-15-36(16-18(2)41-17)26-12-23(31)27(30)28(35-26)24-7-6-20-13-32-21(11-25(20)34-24)14-33-29(38)19-4-3-5-22(10-19)42(39,40)9-8-37/h3-7,10-13,17-18,37H,8-9,14-16H2,1-2H3,(H,33,38)/t17-,18+. The zero-order valence-electron chi connectivity index (χ0n) is 22.9. The number of fused-ring (bicyclic) bond motifs is 1. The van der Waals surface area contributed by atoms with Gasteiger partial charge in [0.2, 0.25) is 0 Å². The van der Waals surface area contributed by atoms with Crippen LogP contribution in [0.3, 0.4) is 0 Å². The van der Waals surface area contributed by atoms with E-state index in [0.717, 1.165) is 5.39 Å². The van der Waals surface area contributed by atoms with Crippen LogP contribution in [0.1, 0.15) is 29.9 Å². The van der Waals surface area contributed by atoms with Gasteiger partial charge in [-0.25, -0.2) is 22.8 Å². The number of amides is 1. The first-order chi connectivity index (χ1) is 20.0. The molecule has 4 heterocycles. The fourth-order valence-corrected chi connectivity index (χ4v) is 6.07. The van der Waals surface area contributed by atoms with Gasteiger partial charge in [-0.2, -0.15) is 0 Å². The first-order valence-corrected chi connectivity index (χ1v) is 15.3. The van der Waals surface area contributed by atoms with E-state index in [1.807, 2.05) is 18.7 Å². The summed E-state index contributed by atoms with van der Waals surface area (Å²) >= 11 is 6.35. The molecule has 1 saturated heterocycles. The highest BCUT2D eigenvalue weighted by molar-refractivity contribution is 7.91. The molecule has 0 saturated carbocycles. The highest BCUT2D eigenvalue weighted by Gasteiger charge is 2.25. The first kappa shape index (κ1) is 29.8. The van der Waals surface area contributed by atoms with Crippen LogP contribution in [0, 0.1) is 5.82 Å². The Morgan fingerprint density at radius 1 is 1.14 bits per heavy atom. The van der Waals surface area contributed by atoms with Crippen molar-refractivity contribution in [1.82, 2.24) is 20.3 Å². The lowest BCUT2D eigenvalue weighted by Crippen LogP contribution is -2.45. The second kappa shape index (κ2) is 12.3. The summed E-state index contributed by atoms with van der Waals surface area (Å²) in [6, 6.07) is 12.1. The summed E-state index contributed by atoms with van der Waals surface area (Å²) in [6.45, 7) is 4.56. The summed E-state index contributed by atoms with van der Waals surface area (Å²) in [6.07, 6.45) is 1.54. The molecule has 1 aliphatic rings. The van der Waals surface area contributed by atoms with Gasteiger partial charge in [-0.15, -0.1) is 0 Å². The molecular formula is C29H29ClFN5O5S. The molecule has 4 aromatic rings. The number of hydrogen-bond acceptors (Lipinski definition) is 9. The molecule has 2 N–H and O–H groups in total. The van der Waals surface area contributed by atoms with E-state index in [0.29, 0.717) is 35.8 Å². The number of aliphatic hydroxyl groups is 1. The summed E-state index contributed by atoms with van der Waals surface area (Å²) in [5.41, 5.74) is 1.79. The Hall–Kier alpha value is -3.71. The molecule has 13 heteroatoms. The van der Waals surface area contributed by atoms with Crippen LogP contribution >= 0.6 is 11.6 Å². The quantitative estimate of drug-likeness (QED) is 0.304. The van der Waals surface area contributed by atoms with Gasteiger partial charge in [-0.1, -0.05) is 17.7 Å². The maximum Gasteiger partial charge on any atom is 0.251 e. The van der Waals surface area contributed by atoms with Crippen molar-refractivity contribution in [1.29, 1.82) is 0 Å². The summed E-state index contributed by atoms with van der Waals surface area (Å²) < 4.78 is 45.2. The highest BCUT2D eigenvalue weighted by Crippen LogP contribution is 2.32. The van der Waals surface area contributed by atoms with Crippen molar-refractivity contribution in [2.24, 2.45) is 0 Å². The third kappa shape index (κ3) is 6.51. The largest absolute Gasteiger partial charge is 0.395 e. The topological polar surface area (TPSA) is 135 Å². The lowest BCUT2D eigenvalue weighted by atomic mass is 10.1. The van der Waals surface area contributed by atoms with Gasteiger partial charge >= 0.3 is 0 Å². The Labute approximate surface area is 247 Å². The third-order valence-electron chi connectivity index (χ3n) is 6.76. The van der Waals surface area contributed by atoms with E-state index in [2.05, 4.69) is 20.3 Å². The SMILES string of the molecule is C[C@@H]1CN(c2cc(F)c(Cl)c(-c3ccc4cnc(CNC(=O)c5cccc(S(=O)(=O)CCO)c5)cc4n3)n2)C[C@H](C)O1. The molecule has 0 aliphatic carbocycles. The number of pyridine rings is 3. The van der Waals surface area contributed by atoms with Gasteiger partial charge in [0, 0.05) is 36.3 Å². The number of nitrogens with zero attached hydrogens (tertiary/aromatic N) is 4. The molecular weight excluding hydrogens is 585 g/mol. The van der Waals surface area contributed by atoms with Crippen molar-refractivity contribution in [3.05, 3.63) is 76.8 Å². The van der Waals surface area contributed by atoms with Crippen molar-refractivity contribution in [2.75, 3.05) is 30.3 Å². The van der Waals surface area contributed by atoms with Crippen LogP contribution in [0.2, 0.25) is 5.02 Å². The highest BCUT2D eigenvalue weighted by atomic mass is 35.5. The van der Waals surface area contributed by atoms with Crippen molar-refractivity contribution in [2.45, 2.75) is 37.5 Å². The lowest BCUT2D eigenvalue weighted by molar-refractivity contribution is -0.00547. The molecule has 1 aliphatic heterocycles. The number of morpholine rings is 1. The predicted octanol–water partition coefficient (Wildman–Crippen LogP) is 3.79. The minimum Gasteiger partial charge on any atom is -0.395 e. The second-order valence-electron chi connectivity index (χ2n) is 10.1. The van der Waals surface area contributed by atoms with Crippen LogP contribution in [0.25, 0.3) is 22.3 Å². The van der Waals surface area contributed by atoms with Gasteiger partial charge in [-0.05, 0) is 50.2 Å². The fourth-order valence-electron chi connectivity index (χ4n) is 4.81. The number of nitrogens with one attached hydrogen (secondary N) is 1. The molecule has 1 fully saturated rings. The normalized spacial score (nSPS) is 17.4. The fraction of sp³-hybridized carbons (Fsp3) is 0.310. The zero-order valence-corrected chi connectivity index (χ0v) is 24.5. The van der Waals surface area contributed by atoms with E-state index in [1.54, 1.807) is 24.4 Å². The van der Waals surface area contributed by atoms with Crippen LogP contribution < -0.4 is 10.2 Å². The molecule has 1 aromatic carbocycles. The molecule has 1 amide bonds. The number of ether oxygens (including phenoxy) is 1. The van der Waals surface area contributed by atoms with Crippen LogP contribution in [-0.4, -0.2) is 72.0 Å². The number of carbonyl (C=O) groups excluding carboxylic acids is 1. The average molecular weight is 614 g/mol. The molecule has 5 rings (SSSR count). The van der Waals surface area contributed by atoms with Crippen molar-refractivity contribution >= 4 is 44.1 Å². The predicted molar refractivity (Wildman–Crippen MR) is 157 cm³/mol. The molecule has 3 aromatic heterocycles. The molecule has 42 heavy (non-hydrogen) atoms. The van der Waals surface area contributed by atoms with Crippen molar-refractivity contribution in [3.8, 4) is 11.4 Å². The van der Waals surface area contributed by atoms with E-state index in [1.165, 1.54) is 30.3 Å². The minimum absolute atomic E-state index is 0.0359. The summed E-state index contributed by atoms with van der Waals surface area (Å²) in [7, 11) is -3.70. The van der Waals surface area contributed by atoms with Crippen LogP contribution in [-0.2, 0) is 21.1 Å². The zero-order chi connectivity index (χ0) is 30.0. The summed E-state index contributed by atoms with van der Waals surface area (Å²) in [5, 5.41) is 12.3. The Morgan fingerprint density at radius 3 is 2.64 bits per heavy atom. The van der Waals surface area contributed by atoms with Gasteiger partial charge in [0.1, 0.15) is 22.4 Å². The van der Waals surface area contributed by atoms with Gasteiger partial charge in [-0.3, -0.25) is 9.78 Å². The molecule has 0 spiro atoms. The number of carbonyl (C=O) groups is 1. The van der Waals surface area contributed by atoms with E-state index in [-0.39, 0.29) is 39.9 Å². The average Bonchev–Trinajstić information content (AvgIpc) is 2.96. The van der Waals surface area contributed by atoms with Crippen molar-refractivity contribution in [3.63, 3.8) is 0 Å². The van der Waals surface area contributed by atoms with E-state index in [4.69, 9.17) is 21.4 Å². The lowest BCUT2D eigenvalue weighted by Gasteiger charge is -2.36. The summed E-state index contributed by atoms with van der Waals surface area (Å²) in [5.74, 6) is -1.08. The Kier molecular flexibility index (Phi) is 8.69. The Bertz CT molecular complexity index is 1750. The van der Waals surface area contributed by atoms with Gasteiger partial charge in [0.15, 0.2) is 9.84 Å². The molecule has 2 atom stereocenters. The molecule has 0 bridgehead atoms. The summed E-state index contributed by atoms with van der Waals surface area (Å²) in [4.78, 5) is 28.4. The van der Waals surface area contributed by atoms with E-state index < -0.39 is 33.9 Å². The Balaban J connectivity index is 1.37. The smallest absolute Gasteiger partial charge is 0.251 e. The first-order valence-electron chi connectivity index (χ1n) is 13.3. The number of anilines is 1. The van der Waals surface area contributed by atoms with Crippen LogP contribution in [0.4, 0.5) is 10.2 Å². The van der Waals surface area contributed by atoms with Gasteiger partial charge < -0.3 is 20.1 Å². The molecule has 220 valence electrons. The third-order valence-corrected chi connectivity index (χ3v) is 8.81. The number of hydrogen-bond donors (Lipinski definition) is 2.